The van der Waals surface area contributed by atoms with E-state index >= 15 is 0 Å². The monoisotopic (exact) mass is 781 g/mol. The molecule has 54 heavy (non-hydrogen) atoms. The molecule has 0 aromatic carbocycles. The van der Waals surface area contributed by atoms with Crippen LogP contribution in [0.15, 0.2) is 72.9 Å². The molecule has 10 heteroatoms. The van der Waals surface area contributed by atoms with E-state index in [9.17, 15) is 19.4 Å². The zero-order valence-electron chi connectivity index (χ0n) is 33.9. The van der Waals surface area contributed by atoms with E-state index in [1.54, 1.807) is 0 Å². The van der Waals surface area contributed by atoms with Gasteiger partial charge in [-0.05, 0) is 77.0 Å². The molecule has 3 atom stereocenters. The van der Waals surface area contributed by atoms with Gasteiger partial charge in [-0.3, -0.25) is 13.8 Å². The van der Waals surface area contributed by atoms with Gasteiger partial charge in [-0.2, -0.15) is 0 Å². The number of aliphatic hydroxyl groups is 2. The Morgan fingerprint density at radius 3 is 1.59 bits per heavy atom. The zero-order chi connectivity index (χ0) is 39.6. The summed E-state index contributed by atoms with van der Waals surface area (Å²) < 4.78 is 33.3. The minimum absolute atomic E-state index is 0.0320. The average molecular weight is 781 g/mol. The first-order chi connectivity index (χ1) is 26.3. The van der Waals surface area contributed by atoms with Gasteiger partial charge in [0.15, 0.2) is 0 Å². The van der Waals surface area contributed by atoms with Gasteiger partial charge in [0.05, 0.1) is 26.4 Å². The molecule has 0 amide bonds. The van der Waals surface area contributed by atoms with Crippen LogP contribution in [0.25, 0.3) is 0 Å². The molecule has 0 aliphatic heterocycles. The van der Waals surface area contributed by atoms with E-state index in [0.717, 1.165) is 103 Å². The number of allylic oxidation sites excluding steroid dienone is 12. The molecule has 3 N–H and O–H groups in total. The lowest BCUT2D eigenvalue weighted by Gasteiger charge is -2.20. The topological polar surface area (TPSA) is 132 Å². The number of phosphoric ester groups is 1. The fourth-order valence-electron chi connectivity index (χ4n) is 5.21. The molecule has 0 radical (unpaired) electrons. The molecular formula is C44H77O9P. The van der Waals surface area contributed by atoms with Gasteiger partial charge < -0.3 is 24.6 Å². The van der Waals surface area contributed by atoms with E-state index in [0.29, 0.717) is 13.0 Å². The second kappa shape index (κ2) is 40.6. The lowest BCUT2D eigenvalue weighted by atomic mass is 10.1. The Kier molecular flexibility index (Phi) is 39.0. The molecule has 0 aliphatic rings. The van der Waals surface area contributed by atoms with Crippen molar-refractivity contribution in [1.29, 1.82) is 0 Å². The van der Waals surface area contributed by atoms with Gasteiger partial charge in [0.25, 0.3) is 0 Å². The highest BCUT2D eigenvalue weighted by Gasteiger charge is 2.26. The zero-order valence-corrected chi connectivity index (χ0v) is 34.8. The van der Waals surface area contributed by atoms with Crippen molar-refractivity contribution in [3.63, 3.8) is 0 Å². The fourth-order valence-corrected chi connectivity index (χ4v) is 6.00. The Labute approximate surface area is 329 Å². The van der Waals surface area contributed by atoms with Crippen LogP contribution in [0, 0.1) is 0 Å². The largest absolute Gasteiger partial charge is 0.472 e. The number of carbonyl (C=O) groups is 1. The Bertz CT molecular complexity index is 1070. The van der Waals surface area contributed by atoms with Crippen molar-refractivity contribution in [2.24, 2.45) is 0 Å². The summed E-state index contributed by atoms with van der Waals surface area (Å²) in [5.74, 6) is -0.404. The van der Waals surface area contributed by atoms with Gasteiger partial charge >= 0.3 is 13.8 Å². The van der Waals surface area contributed by atoms with E-state index < -0.39 is 45.8 Å². The van der Waals surface area contributed by atoms with Crippen molar-refractivity contribution in [3.8, 4) is 0 Å². The van der Waals surface area contributed by atoms with Crippen molar-refractivity contribution in [2.75, 3.05) is 33.0 Å². The van der Waals surface area contributed by atoms with Crippen molar-refractivity contribution in [1.82, 2.24) is 0 Å². The maximum atomic E-state index is 12.6. The van der Waals surface area contributed by atoms with Gasteiger partial charge in [0, 0.05) is 13.0 Å². The standard InChI is InChI=1S/C44H77O9P/c1-3-5-7-9-11-13-15-17-19-20-21-22-23-24-26-28-30-32-34-36-44(47)53-43(41-52-54(48,49)51-39-42(46)38-45)40-50-37-35-33-31-29-27-25-18-16-14-12-10-8-6-4-2/h5,7-8,10-11,13-14,16-17,19,21-22,42-43,45-46H,3-4,6,9,12,15,18,20,23-41H2,1-2H3,(H,48,49)/b7-5-,10-8-,13-11-,16-14-,19-17-,22-21-. The third kappa shape index (κ3) is 39.6. The summed E-state index contributed by atoms with van der Waals surface area (Å²) in [7, 11) is -4.53. The molecule has 0 saturated carbocycles. The third-order valence-corrected chi connectivity index (χ3v) is 9.31. The van der Waals surface area contributed by atoms with Gasteiger partial charge in [-0.15, -0.1) is 0 Å². The van der Waals surface area contributed by atoms with Crippen LogP contribution >= 0.6 is 7.82 Å². The van der Waals surface area contributed by atoms with Crippen LogP contribution in [0.4, 0.5) is 0 Å². The SMILES string of the molecule is CC/C=C\C/C=C\C/C=C\C/C=C\CCCCCCCCC(=O)OC(COCCCCCCCC/C=C\C/C=C\CCC)COP(=O)(O)OCC(O)CO. The number of ether oxygens (including phenoxy) is 2. The summed E-state index contributed by atoms with van der Waals surface area (Å²) in [6.45, 7) is 3.28. The number of unbranched alkanes of at least 4 members (excludes halogenated alkanes) is 13. The molecule has 3 unspecified atom stereocenters. The minimum Gasteiger partial charge on any atom is -0.457 e. The van der Waals surface area contributed by atoms with E-state index in [1.165, 1.54) is 25.7 Å². The smallest absolute Gasteiger partial charge is 0.457 e. The molecule has 0 rings (SSSR count). The number of phosphoric acid groups is 1. The highest BCUT2D eigenvalue weighted by atomic mass is 31.2. The molecule has 0 aliphatic carbocycles. The van der Waals surface area contributed by atoms with Gasteiger partial charge in [-0.1, -0.05) is 145 Å². The van der Waals surface area contributed by atoms with Crippen LogP contribution in [-0.2, 0) is 27.9 Å². The highest BCUT2D eigenvalue weighted by Crippen LogP contribution is 2.43. The number of esters is 1. The maximum absolute atomic E-state index is 12.6. The minimum atomic E-state index is -4.53. The maximum Gasteiger partial charge on any atom is 0.472 e. The van der Waals surface area contributed by atoms with Crippen molar-refractivity contribution < 1.29 is 43.0 Å². The molecule has 312 valence electrons. The summed E-state index contributed by atoms with van der Waals surface area (Å²) in [6.07, 6.45) is 47.1. The Hall–Kier alpha value is -2.10. The third-order valence-electron chi connectivity index (χ3n) is 8.36. The van der Waals surface area contributed by atoms with Crippen LogP contribution in [-0.4, -0.2) is 66.3 Å². The molecule has 0 aromatic heterocycles. The summed E-state index contributed by atoms with van der Waals surface area (Å²) in [5.41, 5.74) is 0. The highest BCUT2D eigenvalue weighted by molar-refractivity contribution is 7.47. The van der Waals surface area contributed by atoms with E-state index in [-0.39, 0.29) is 13.0 Å². The second-order valence-electron chi connectivity index (χ2n) is 13.6. The van der Waals surface area contributed by atoms with Gasteiger partial charge in [-0.25, -0.2) is 4.57 Å². The number of aliphatic hydroxyl groups excluding tert-OH is 2. The number of rotatable bonds is 39. The molecule has 0 bridgehead atoms. The van der Waals surface area contributed by atoms with Crippen molar-refractivity contribution >= 4 is 13.8 Å². The van der Waals surface area contributed by atoms with Crippen LogP contribution in [0.1, 0.15) is 155 Å². The lowest BCUT2D eigenvalue weighted by Crippen LogP contribution is -2.29. The Morgan fingerprint density at radius 1 is 0.593 bits per heavy atom. The van der Waals surface area contributed by atoms with Crippen molar-refractivity contribution in [2.45, 2.75) is 167 Å². The summed E-state index contributed by atoms with van der Waals surface area (Å²) in [5, 5.41) is 18.3. The van der Waals surface area contributed by atoms with Gasteiger partial charge in [0.1, 0.15) is 12.2 Å². The number of carbonyl (C=O) groups excluding carboxylic acids is 1. The van der Waals surface area contributed by atoms with E-state index in [2.05, 4.69) is 86.8 Å². The number of hydrogen-bond donors (Lipinski definition) is 3. The molecule has 0 heterocycles. The molecule has 0 aromatic rings. The molecule has 0 saturated heterocycles. The second-order valence-corrected chi connectivity index (χ2v) is 15.1. The molecule has 0 fully saturated rings. The van der Waals surface area contributed by atoms with Crippen LogP contribution < -0.4 is 0 Å². The first-order valence-corrected chi connectivity index (χ1v) is 22.4. The summed E-state index contributed by atoms with van der Waals surface area (Å²) in [6, 6.07) is 0. The Morgan fingerprint density at radius 2 is 1.06 bits per heavy atom. The van der Waals surface area contributed by atoms with Crippen LogP contribution in [0.3, 0.4) is 0 Å². The molecule has 0 spiro atoms. The fraction of sp³-hybridized carbons (Fsp3) is 0.705. The van der Waals surface area contributed by atoms with E-state index in [4.69, 9.17) is 23.6 Å². The van der Waals surface area contributed by atoms with Crippen LogP contribution in [0.2, 0.25) is 0 Å². The summed E-state index contributed by atoms with van der Waals surface area (Å²) in [4.78, 5) is 22.6. The first kappa shape index (κ1) is 51.9. The predicted molar refractivity (Wildman–Crippen MR) is 223 cm³/mol. The molecule has 9 nitrogen and oxygen atoms in total. The summed E-state index contributed by atoms with van der Waals surface area (Å²) >= 11 is 0. The normalized spacial score (nSPS) is 14.8. The quantitative estimate of drug-likeness (QED) is 0.0241. The Balaban J connectivity index is 4.24. The predicted octanol–water partition coefficient (Wildman–Crippen LogP) is 11.4. The first-order valence-electron chi connectivity index (χ1n) is 20.9. The molecular weight excluding hydrogens is 703 g/mol. The number of hydrogen-bond acceptors (Lipinski definition) is 8. The van der Waals surface area contributed by atoms with Crippen LogP contribution in [0.5, 0.6) is 0 Å². The average Bonchev–Trinajstić information content (AvgIpc) is 3.16. The van der Waals surface area contributed by atoms with E-state index in [1.807, 2.05) is 0 Å². The lowest BCUT2D eigenvalue weighted by molar-refractivity contribution is -0.154. The van der Waals surface area contributed by atoms with Gasteiger partial charge in [0.2, 0.25) is 0 Å². The van der Waals surface area contributed by atoms with Crippen molar-refractivity contribution in [3.05, 3.63) is 72.9 Å².